The monoisotopic (exact) mass is 345 g/mol. The first kappa shape index (κ1) is 18.8. The highest BCUT2D eigenvalue weighted by Gasteiger charge is 2.32. The number of methoxy groups -OCH3 is 2. The first-order valence-corrected chi connectivity index (χ1v) is 8.43. The van der Waals surface area contributed by atoms with Crippen LogP contribution in [0.15, 0.2) is 18.2 Å². The van der Waals surface area contributed by atoms with E-state index in [4.69, 9.17) is 14.6 Å². The molecule has 0 saturated carbocycles. The highest BCUT2D eigenvalue weighted by atomic mass is 32.2. The van der Waals surface area contributed by atoms with Gasteiger partial charge in [0.25, 0.3) is 0 Å². The summed E-state index contributed by atoms with van der Waals surface area (Å²) in [7, 11) is -1.21. The van der Waals surface area contributed by atoms with Crippen molar-refractivity contribution >= 4 is 27.4 Å². The van der Waals surface area contributed by atoms with Crippen LogP contribution in [0, 0.1) is 0 Å². The van der Waals surface area contributed by atoms with Crippen LogP contribution < -0.4 is 14.8 Å². The molecule has 8 nitrogen and oxygen atoms in total. The van der Waals surface area contributed by atoms with Crippen LogP contribution in [0.4, 0.5) is 5.69 Å². The molecule has 1 unspecified atom stereocenters. The lowest BCUT2D eigenvalue weighted by atomic mass is 10.2. The van der Waals surface area contributed by atoms with Crippen LogP contribution in [0.25, 0.3) is 0 Å². The Hall–Kier alpha value is -2.29. The van der Waals surface area contributed by atoms with Gasteiger partial charge in [-0.1, -0.05) is 6.92 Å². The van der Waals surface area contributed by atoms with Crippen molar-refractivity contribution < 1.29 is 32.6 Å². The van der Waals surface area contributed by atoms with E-state index in [9.17, 15) is 18.0 Å². The van der Waals surface area contributed by atoms with Gasteiger partial charge in [0.2, 0.25) is 5.91 Å². The molecule has 0 fully saturated rings. The van der Waals surface area contributed by atoms with Gasteiger partial charge in [-0.25, -0.2) is 8.42 Å². The van der Waals surface area contributed by atoms with Crippen LogP contribution >= 0.6 is 0 Å². The molecule has 1 aromatic carbocycles. The molecule has 0 saturated heterocycles. The van der Waals surface area contributed by atoms with E-state index >= 15 is 0 Å². The van der Waals surface area contributed by atoms with Crippen LogP contribution in [0.2, 0.25) is 0 Å². The molecule has 0 radical (unpaired) electrons. The van der Waals surface area contributed by atoms with Crippen molar-refractivity contribution in [1.82, 2.24) is 0 Å². The van der Waals surface area contributed by atoms with Crippen molar-refractivity contribution in [3.05, 3.63) is 18.2 Å². The van der Waals surface area contributed by atoms with Gasteiger partial charge in [0, 0.05) is 11.8 Å². The Kier molecular flexibility index (Phi) is 6.38. The van der Waals surface area contributed by atoms with Gasteiger partial charge < -0.3 is 19.9 Å². The summed E-state index contributed by atoms with van der Waals surface area (Å²) in [5.41, 5.74) is 0.311. The second-order valence-electron chi connectivity index (χ2n) is 4.66. The number of amides is 1. The highest BCUT2D eigenvalue weighted by molar-refractivity contribution is 7.93. The summed E-state index contributed by atoms with van der Waals surface area (Å²) in [5, 5.41) is 9.69. The summed E-state index contributed by atoms with van der Waals surface area (Å²) in [4.78, 5) is 22.8. The molecule has 0 aliphatic carbocycles. The lowest BCUT2D eigenvalue weighted by Crippen LogP contribution is -2.35. The van der Waals surface area contributed by atoms with E-state index in [1.54, 1.807) is 6.07 Å². The molecule has 2 N–H and O–H groups in total. The fraction of sp³-hybridized carbons (Fsp3) is 0.429. The zero-order chi connectivity index (χ0) is 17.6. The first-order valence-electron chi connectivity index (χ1n) is 6.71. The van der Waals surface area contributed by atoms with E-state index in [-0.39, 0.29) is 6.42 Å². The van der Waals surface area contributed by atoms with E-state index in [0.29, 0.717) is 17.2 Å². The van der Waals surface area contributed by atoms with Crippen molar-refractivity contribution in [1.29, 1.82) is 0 Å². The minimum Gasteiger partial charge on any atom is -0.493 e. The maximum Gasteiger partial charge on any atom is 0.321 e. The Morgan fingerprint density at radius 2 is 1.83 bits per heavy atom. The number of hydrogen-bond acceptors (Lipinski definition) is 6. The summed E-state index contributed by atoms with van der Waals surface area (Å²) in [5.74, 6) is -2.38. The summed E-state index contributed by atoms with van der Waals surface area (Å²) >= 11 is 0. The zero-order valence-corrected chi connectivity index (χ0v) is 13.8. The van der Waals surface area contributed by atoms with E-state index < -0.39 is 32.7 Å². The van der Waals surface area contributed by atoms with Gasteiger partial charge in [0.05, 0.1) is 14.2 Å². The van der Waals surface area contributed by atoms with Crippen LogP contribution in [-0.2, 0) is 19.4 Å². The average Bonchev–Trinajstić information content (AvgIpc) is 2.46. The smallest absolute Gasteiger partial charge is 0.321 e. The van der Waals surface area contributed by atoms with E-state index in [0.717, 1.165) is 0 Å². The van der Waals surface area contributed by atoms with Crippen molar-refractivity contribution in [2.75, 3.05) is 25.3 Å². The van der Waals surface area contributed by atoms with Gasteiger partial charge in [-0.05, 0) is 18.6 Å². The average molecular weight is 345 g/mol. The van der Waals surface area contributed by atoms with E-state index in [1.807, 2.05) is 0 Å². The van der Waals surface area contributed by atoms with Crippen molar-refractivity contribution in [3.8, 4) is 11.5 Å². The Morgan fingerprint density at radius 3 is 2.30 bits per heavy atom. The van der Waals surface area contributed by atoms with Crippen LogP contribution in [0.5, 0.6) is 11.5 Å². The Balaban J connectivity index is 2.86. The number of rotatable bonds is 8. The topological polar surface area (TPSA) is 119 Å². The van der Waals surface area contributed by atoms with Crippen molar-refractivity contribution in [3.63, 3.8) is 0 Å². The minimum absolute atomic E-state index is 0.110. The number of ether oxygens (including phenoxy) is 2. The quantitative estimate of drug-likeness (QED) is 0.719. The van der Waals surface area contributed by atoms with Gasteiger partial charge in [-0.15, -0.1) is 0 Å². The molecular weight excluding hydrogens is 326 g/mol. The molecule has 1 amide bonds. The fourth-order valence-corrected chi connectivity index (χ4v) is 3.43. The van der Waals surface area contributed by atoms with Crippen LogP contribution in [0.3, 0.4) is 0 Å². The van der Waals surface area contributed by atoms with E-state index in [1.165, 1.54) is 33.3 Å². The number of hydrogen-bond donors (Lipinski definition) is 2. The molecule has 0 spiro atoms. The van der Waals surface area contributed by atoms with Crippen molar-refractivity contribution in [2.45, 2.75) is 18.6 Å². The number of nitrogens with one attached hydrogen (secondary N) is 1. The van der Waals surface area contributed by atoms with Crippen LogP contribution in [-0.4, -0.2) is 50.6 Å². The molecule has 1 aromatic rings. The lowest BCUT2D eigenvalue weighted by Gasteiger charge is -2.13. The number of carbonyl (C=O) groups excluding carboxylic acids is 1. The van der Waals surface area contributed by atoms with Gasteiger partial charge in [0.1, 0.15) is 5.75 Å². The molecule has 0 aromatic heterocycles. The SMILES string of the molecule is CCC(C(=O)O)S(=O)(=O)CC(=O)Nc1ccc(OC)c(OC)c1. The number of benzene rings is 1. The summed E-state index contributed by atoms with van der Waals surface area (Å²) in [6, 6.07) is 4.53. The molecule has 128 valence electrons. The first-order chi connectivity index (χ1) is 10.7. The predicted molar refractivity (Wildman–Crippen MR) is 83.7 cm³/mol. The summed E-state index contributed by atoms with van der Waals surface area (Å²) in [6.45, 7) is 1.43. The number of carbonyl (C=O) groups is 2. The molecule has 9 heteroatoms. The van der Waals surface area contributed by atoms with Crippen LogP contribution in [0.1, 0.15) is 13.3 Å². The number of carboxylic acids is 1. The van der Waals surface area contributed by atoms with Crippen molar-refractivity contribution in [2.24, 2.45) is 0 Å². The number of carboxylic acid groups (broad SMARTS) is 1. The van der Waals surface area contributed by atoms with Gasteiger partial charge in [-0.2, -0.15) is 0 Å². The molecule has 0 heterocycles. The molecule has 23 heavy (non-hydrogen) atoms. The maximum atomic E-state index is 11.9. The Bertz CT molecular complexity index is 684. The summed E-state index contributed by atoms with van der Waals surface area (Å²) < 4.78 is 34.0. The second-order valence-corrected chi connectivity index (χ2v) is 6.84. The number of aliphatic carboxylic acids is 1. The maximum absolute atomic E-state index is 11.9. The third-order valence-corrected chi connectivity index (χ3v) is 5.15. The molecular formula is C14H19NO7S. The van der Waals surface area contributed by atoms with Gasteiger partial charge in [0.15, 0.2) is 26.6 Å². The van der Waals surface area contributed by atoms with Gasteiger partial charge >= 0.3 is 5.97 Å². The Morgan fingerprint density at radius 1 is 1.22 bits per heavy atom. The van der Waals surface area contributed by atoms with E-state index in [2.05, 4.69) is 5.32 Å². The zero-order valence-electron chi connectivity index (χ0n) is 13.0. The largest absolute Gasteiger partial charge is 0.493 e. The fourth-order valence-electron chi connectivity index (χ4n) is 1.98. The molecule has 1 atom stereocenters. The highest BCUT2D eigenvalue weighted by Crippen LogP contribution is 2.29. The number of anilines is 1. The normalized spacial score (nSPS) is 12.3. The third kappa shape index (κ3) is 4.85. The molecule has 0 aliphatic rings. The molecule has 1 rings (SSSR count). The Labute approximate surface area is 134 Å². The third-order valence-electron chi connectivity index (χ3n) is 3.08. The molecule has 0 aliphatic heterocycles. The molecule has 0 bridgehead atoms. The lowest BCUT2D eigenvalue weighted by molar-refractivity contribution is -0.136. The summed E-state index contributed by atoms with van der Waals surface area (Å²) in [6.07, 6.45) is -0.110. The second kappa shape index (κ2) is 7.82. The van der Waals surface area contributed by atoms with Gasteiger partial charge in [-0.3, -0.25) is 9.59 Å². The minimum atomic E-state index is -4.09. The number of sulfone groups is 1. The standard InChI is InChI=1S/C14H19NO7S/c1-4-12(14(17)18)23(19,20)8-13(16)15-9-5-6-10(21-2)11(7-9)22-3/h5-7,12H,4,8H2,1-3H3,(H,15,16)(H,17,18). The predicted octanol–water partition coefficient (Wildman–Crippen LogP) is 0.920.